The molecule has 1 aliphatic heterocycles. The van der Waals surface area contributed by atoms with E-state index in [-0.39, 0.29) is 5.56 Å². The third-order valence-electron chi connectivity index (χ3n) is 4.75. The van der Waals surface area contributed by atoms with Gasteiger partial charge in [-0.25, -0.2) is 28.5 Å². The largest absolute Gasteiger partial charge is 0.481 e. The second-order valence-corrected chi connectivity index (χ2v) is 6.89. The maximum atomic E-state index is 14.3. The molecule has 1 N–H and O–H groups in total. The Morgan fingerprint density at radius 3 is 2.60 bits per heavy atom. The topological polar surface area (TPSA) is 86.2 Å². The van der Waals surface area contributed by atoms with Crippen LogP contribution >= 0.6 is 0 Å². The van der Waals surface area contributed by atoms with E-state index in [1.165, 1.54) is 31.6 Å². The van der Waals surface area contributed by atoms with Crippen molar-refractivity contribution < 1.29 is 23.0 Å². The number of hydrogen-bond donors (Lipinski definition) is 1. The lowest BCUT2D eigenvalue weighted by molar-refractivity contribution is 0.0175. The van der Waals surface area contributed by atoms with Crippen molar-refractivity contribution in [2.75, 3.05) is 12.4 Å². The fourth-order valence-corrected chi connectivity index (χ4v) is 3.30. The first-order chi connectivity index (χ1) is 14.3. The highest BCUT2D eigenvalue weighted by molar-refractivity contribution is 5.89. The zero-order valence-corrected chi connectivity index (χ0v) is 16.4. The number of fused-ring (bicyclic) bond motifs is 1. The summed E-state index contributed by atoms with van der Waals surface area (Å²) in [5.41, 5.74) is 2.14. The molecule has 30 heavy (non-hydrogen) atoms. The lowest BCUT2D eigenvalue weighted by Crippen LogP contribution is -2.24. The van der Waals surface area contributed by atoms with Gasteiger partial charge in [0.1, 0.15) is 11.9 Å². The first-order valence-corrected chi connectivity index (χ1v) is 9.14. The van der Waals surface area contributed by atoms with E-state index in [1.54, 1.807) is 25.1 Å². The molecule has 154 valence electrons. The SMILES string of the molecule is COc1cc(-c2cc(C(C)(F)F)cc(-c3ccnc4c3C(C)OC(=O)N4)n2)ccn1. The van der Waals surface area contributed by atoms with Gasteiger partial charge in [0.2, 0.25) is 5.88 Å². The van der Waals surface area contributed by atoms with Crippen LogP contribution < -0.4 is 10.1 Å². The van der Waals surface area contributed by atoms with Gasteiger partial charge in [-0.3, -0.25) is 5.32 Å². The Hall–Kier alpha value is -3.62. The summed E-state index contributed by atoms with van der Waals surface area (Å²) in [6.45, 7) is 2.52. The average Bonchev–Trinajstić information content (AvgIpc) is 2.72. The number of halogens is 2. The number of methoxy groups -OCH3 is 1. The smallest absolute Gasteiger partial charge is 0.413 e. The Kier molecular flexibility index (Phi) is 4.81. The van der Waals surface area contributed by atoms with Gasteiger partial charge < -0.3 is 9.47 Å². The highest BCUT2D eigenvalue weighted by Gasteiger charge is 2.30. The van der Waals surface area contributed by atoms with Crippen molar-refractivity contribution in [3.63, 3.8) is 0 Å². The fourth-order valence-electron chi connectivity index (χ4n) is 3.30. The number of carbonyl (C=O) groups excluding carboxylic acids is 1. The average molecular weight is 412 g/mol. The van der Waals surface area contributed by atoms with Crippen LogP contribution in [0.4, 0.5) is 19.4 Å². The van der Waals surface area contributed by atoms with E-state index < -0.39 is 18.1 Å². The molecule has 1 unspecified atom stereocenters. The third kappa shape index (κ3) is 3.66. The molecular weight excluding hydrogens is 394 g/mol. The minimum absolute atomic E-state index is 0.197. The molecule has 0 aliphatic carbocycles. The number of hydrogen-bond acceptors (Lipinski definition) is 6. The summed E-state index contributed by atoms with van der Waals surface area (Å²) in [5.74, 6) is -2.43. The molecule has 1 atom stereocenters. The molecule has 7 nitrogen and oxygen atoms in total. The lowest BCUT2D eigenvalue weighted by Gasteiger charge is -2.25. The van der Waals surface area contributed by atoms with Crippen molar-refractivity contribution >= 4 is 11.9 Å². The normalized spacial score (nSPS) is 15.8. The van der Waals surface area contributed by atoms with E-state index in [2.05, 4.69) is 20.3 Å². The number of carbonyl (C=O) groups is 1. The maximum absolute atomic E-state index is 14.3. The van der Waals surface area contributed by atoms with E-state index in [0.29, 0.717) is 39.8 Å². The van der Waals surface area contributed by atoms with Gasteiger partial charge in [0.25, 0.3) is 5.92 Å². The number of amides is 1. The summed E-state index contributed by atoms with van der Waals surface area (Å²) in [6.07, 6.45) is 1.77. The highest BCUT2D eigenvalue weighted by Crippen LogP contribution is 2.39. The first-order valence-electron chi connectivity index (χ1n) is 9.14. The Morgan fingerprint density at radius 1 is 1.13 bits per heavy atom. The third-order valence-corrected chi connectivity index (χ3v) is 4.75. The molecular formula is C21H18F2N4O3. The van der Waals surface area contributed by atoms with Crippen LogP contribution in [0.3, 0.4) is 0 Å². The van der Waals surface area contributed by atoms with E-state index >= 15 is 0 Å². The molecule has 9 heteroatoms. The van der Waals surface area contributed by atoms with E-state index in [1.807, 2.05) is 0 Å². The van der Waals surface area contributed by atoms with Crippen molar-refractivity contribution in [3.8, 4) is 28.4 Å². The summed E-state index contributed by atoms with van der Waals surface area (Å²) in [5, 5.41) is 2.53. The summed E-state index contributed by atoms with van der Waals surface area (Å²) in [6, 6.07) is 7.62. The Balaban J connectivity index is 1.93. The van der Waals surface area contributed by atoms with Crippen molar-refractivity contribution in [2.24, 2.45) is 0 Å². The van der Waals surface area contributed by atoms with Crippen LogP contribution in [-0.2, 0) is 10.7 Å². The van der Waals surface area contributed by atoms with Gasteiger partial charge >= 0.3 is 6.09 Å². The number of alkyl halides is 2. The van der Waals surface area contributed by atoms with E-state index in [9.17, 15) is 13.6 Å². The van der Waals surface area contributed by atoms with Crippen LogP contribution in [0.25, 0.3) is 22.5 Å². The van der Waals surface area contributed by atoms with Crippen LogP contribution in [0.1, 0.15) is 31.1 Å². The summed E-state index contributed by atoms with van der Waals surface area (Å²) in [7, 11) is 1.47. The number of rotatable bonds is 4. The van der Waals surface area contributed by atoms with Crippen molar-refractivity contribution in [1.82, 2.24) is 15.0 Å². The molecule has 0 spiro atoms. The number of pyridine rings is 3. The standard InChI is InChI=1S/C21H18F2N4O3/c1-11-18-14(5-7-25-19(18)27-20(28)30-11)16-10-13(21(2,22)23)9-15(26-16)12-4-6-24-17(8-12)29-3/h4-11H,1-3H3,(H,25,27,28). The molecule has 0 saturated heterocycles. The Labute approximate surface area is 171 Å². The van der Waals surface area contributed by atoms with Crippen LogP contribution in [-0.4, -0.2) is 28.2 Å². The quantitative estimate of drug-likeness (QED) is 0.653. The Morgan fingerprint density at radius 2 is 1.87 bits per heavy atom. The Bertz CT molecular complexity index is 1130. The number of nitrogens with zero attached hydrogens (tertiary/aromatic N) is 3. The molecule has 3 aromatic heterocycles. The molecule has 3 aromatic rings. The number of ether oxygens (including phenoxy) is 2. The van der Waals surface area contributed by atoms with Gasteiger partial charge in [-0.15, -0.1) is 0 Å². The van der Waals surface area contributed by atoms with Crippen molar-refractivity contribution in [1.29, 1.82) is 0 Å². The molecule has 0 saturated carbocycles. The molecule has 1 aliphatic rings. The van der Waals surface area contributed by atoms with Crippen molar-refractivity contribution in [2.45, 2.75) is 25.9 Å². The summed E-state index contributed by atoms with van der Waals surface area (Å²) >= 11 is 0. The fraction of sp³-hybridized carbons (Fsp3) is 0.238. The minimum Gasteiger partial charge on any atom is -0.481 e. The maximum Gasteiger partial charge on any atom is 0.413 e. The van der Waals surface area contributed by atoms with Gasteiger partial charge in [-0.1, -0.05) is 0 Å². The first kappa shape index (κ1) is 19.7. The molecule has 0 fully saturated rings. The van der Waals surface area contributed by atoms with Gasteiger partial charge in [0.15, 0.2) is 0 Å². The lowest BCUT2D eigenvalue weighted by atomic mass is 9.97. The van der Waals surface area contributed by atoms with Gasteiger partial charge in [0.05, 0.1) is 18.5 Å². The molecule has 4 rings (SSSR count). The molecule has 1 amide bonds. The van der Waals surface area contributed by atoms with Crippen LogP contribution in [0.15, 0.2) is 42.7 Å². The number of anilines is 1. The van der Waals surface area contributed by atoms with E-state index in [0.717, 1.165) is 6.92 Å². The minimum atomic E-state index is -3.09. The second-order valence-electron chi connectivity index (χ2n) is 6.89. The number of nitrogens with one attached hydrogen (secondary N) is 1. The van der Waals surface area contributed by atoms with Crippen LogP contribution in [0, 0.1) is 0 Å². The molecule has 0 radical (unpaired) electrons. The highest BCUT2D eigenvalue weighted by atomic mass is 19.3. The van der Waals surface area contributed by atoms with Crippen LogP contribution in [0.5, 0.6) is 5.88 Å². The second kappa shape index (κ2) is 7.33. The van der Waals surface area contributed by atoms with E-state index in [4.69, 9.17) is 9.47 Å². The predicted molar refractivity (Wildman–Crippen MR) is 105 cm³/mol. The molecule has 4 heterocycles. The monoisotopic (exact) mass is 412 g/mol. The molecule has 0 aromatic carbocycles. The van der Waals surface area contributed by atoms with Crippen molar-refractivity contribution in [3.05, 3.63) is 53.9 Å². The zero-order valence-electron chi connectivity index (χ0n) is 16.4. The van der Waals surface area contributed by atoms with Crippen LogP contribution in [0.2, 0.25) is 0 Å². The number of cyclic esters (lactones) is 1. The van der Waals surface area contributed by atoms with Gasteiger partial charge in [-0.05, 0) is 31.2 Å². The predicted octanol–water partition coefficient (Wildman–Crippen LogP) is 4.95. The van der Waals surface area contributed by atoms with Gasteiger partial charge in [-0.2, -0.15) is 0 Å². The molecule has 0 bridgehead atoms. The summed E-state index contributed by atoms with van der Waals surface area (Å²) < 4.78 is 39.0. The zero-order chi connectivity index (χ0) is 21.5. The number of aromatic nitrogens is 3. The summed E-state index contributed by atoms with van der Waals surface area (Å²) in [4.78, 5) is 24.5. The van der Waals surface area contributed by atoms with Gasteiger partial charge in [0, 0.05) is 47.6 Å².